The molecule has 3 aromatic carbocycles. The van der Waals surface area contributed by atoms with Crippen molar-refractivity contribution in [3.8, 4) is 4.90 Å². The van der Waals surface area contributed by atoms with Crippen LogP contribution >= 0.6 is 10.5 Å². The van der Waals surface area contributed by atoms with Gasteiger partial charge in [0.2, 0.25) is 0 Å². The number of ether oxygens (including phenoxy) is 1. The van der Waals surface area contributed by atoms with Crippen LogP contribution in [0.5, 0.6) is 0 Å². The molecule has 1 heterocycles. The molecule has 0 saturated heterocycles. The normalized spacial score (nSPS) is 12.2. The lowest BCUT2D eigenvalue weighted by molar-refractivity contribution is -0.00450. The van der Waals surface area contributed by atoms with Crippen molar-refractivity contribution in [1.29, 1.82) is 0 Å². The molecule has 0 fully saturated rings. The van der Waals surface area contributed by atoms with Gasteiger partial charge < -0.3 is 4.74 Å². The number of carbonyl (C=O) groups excluding carboxylic acids is 1. The van der Waals surface area contributed by atoms with Gasteiger partial charge in [0, 0.05) is 33.0 Å². The Kier molecular flexibility index (Phi) is 4.97. The molecule has 4 heteroatoms. The molecule has 1 atom stereocenters. The van der Waals surface area contributed by atoms with Gasteiger partial charge in [0.1, 0.15) is 16.8 Å². The van der Waals surface area contributed by atoms with Gasteiger partial charge in [-0.3, -0.25) is 0 Å². The number of esters is 1. The molecule has 0 N–H and O–H groups in total. The molecule has 29 heavy (non-hydrogen) atoms. The number of hydrogen-bond donors (Lipinski definition) is 0. The van der Waals surface area contributed by atoms with Crippen LogP contribution in [0.4, 0.5) is 4.39 Å². The molecule has 146 valence electrons. The number of rotatable bonds is 4. The van der Waals surface area contributed by atoms with Gasteiger partial charge in [-0.15, -0.1) is 0 Å². The number of carbonyl (C=O) groups is 1. The first-order chi connectivity index (χ1) is 13.9. The molecule has 0 radical (unpaired) electrons. The molecule has 0 saturated carbocycles. The first-order valence-corrected chi connectivity index (χ1v) is 10.7. The monoisotopic (exact) mass is 405 g/mol. The highest BCUT2D eigenvalue weighted by molar-refractivity contribution is 7.43. The summed E-state index contributed by atoms with van der Waals surface area (Å²) in [6, 6.07) is 22.3. The second kappa shape index (κ2) is 7.45. The van der Waals surface area contributed by atoms with E-state index in [9.17, 15) is 9.18 Å². The highest BCUT2D eigenvalue weighted by Crippen LogP contribution is 2.42. The summed E-state index contributed by atoms with van der Waals surface area (Å²) in [4.78, 5) is 13.9. The lowest BCUT2D eigenvalue weighted by Gasteiger charge is -2.26. The van der Waals surface area contributed by atoms with Crippen molar-refractivity contribution in [2.75, 3.05) is 0 Å². The predicted octanol–water partition coefficient (Wildman–Crippen LogP) is 7.12. The van der Waals surface area contributed by atoms with Gasteiger partial charge in [-0.25, -0.2) is 9.18 Å². The van der Waals surface area contributed by atoms with Crippen LogP contribution in [0.3, 0.4) is 0 Å². The molecule has 4 aromatic rings. The van der Waals surface area contributed by atoms with E-state index in [1.54, 1.807) is 38.1 Å². The molecule has 0 aliphatic rings. The maximum atomic E-state index is 14.2. The highest BCUT2D eigenvalue weighted by atomic mass is 32.2. The number of fused-ring (bicyclic) bond motifs is 1. The van der Waals surface area contributed by atoms with Gasteiger partial charge in [0.05, 0.1) is 5.56 Å². The summed E-state index contributed by atoms with van der Waals surface area (Å²) >= 11 is 0. The molecule has 0 aliphatic heterocycles. The lowest BCUT2D eigenvalue weighted by atomic mass is 9.97. The summed E-state index contributed by atoms with van der Waals surface area (Å²) in [5.41, 5.74) is 0.999. The maximum absolute atomic E-state index is 14.2. The Bertz CT molecular complexity index is 1210. The molecule has 0 spiro atoms. The maximum Gasteiger partial charge on any atom is 0.339 e. The van der Waals surface area contributed by atoms with Crippen LogP contribution in [0.1, 0.15) is 35.3 Å². The summed E-state index contributed by atoms with van der Waals surface area (Å²) in [6.07, 6.45) is 0. The topological polar surface area (TPSA) is 26.3 Å². The quantitative estimate of drug-likeness (QED) is 0.267. The molecular formula is C25H22FO2S+. The number of aryl methyl sites for hydroxylation is 1. The standard InChI is InChI=1S/C25H22FO2S/c1-17-16-29(23-14-7-4-11-20(17)23)19-10-8-9-18(15-19)24(27)28-25(2,3)21-12-5-6-13-22(21)26/h4-16H,1-3H3/q+1. The average molecular weight is 406 g/mol. The second-order valence-corrected chi connectivity index (χ2v) is 9.36. The Balaban J connectivity index is 1.67. The van der Waals surface area contributed by atoms with E-state index < -0.39 is 11.6 Å². The Hall–Kier alpha value is -2.98. The van der Waals surface area contributed by atoms with Crippen molar-refractivity contribution in [2.45, 2.75) is 26.4 Å². The summed E-state index contributed by atoms with van der Waals surface area (Å²) in [5.74, 6) is -0.847. The minimum absolute atomic E-state index is 0.215. The Morgan fingerprint density at radius 1 is 0.966 bits per heavy atom. The van der Waals surface area contributed by atoms with Crippen molar-refractivity contribution in [1.82, 2.24) is 0 Å². The van der Waals surface area contributed by atoms with E-state index >= 15 is 0 Å². The molecule has 4 rings (SSSR count). The molecule has 0 amide bonds. The first-order valence-electron chi connectivity index (χ1n) is 9.46. The van der Waals surface area contributed by atoms with E-state index in [2.05, 4.69) is 24.4 Å². The molecule has 0 aliphatic carbocycles. The van der Waals surface area contributed by atoms with Crippen LogP contribution in [0.15, 0.2) is 78.2 Å². The summed E-state index contributed by atoms with van der Waals surface area (Å²) in [5, 5.41) is 3.50. The zero-order valence-electron chi connectivity index (χ0n) is 16.6. The van der Waals surface area contributed by atoms with Crippen LogP contribution < -0.4 is 0 Å². The number of hydrogen-bond acceptors (Lipinski definition) is 2. The van der Waals surface area contributed by atoms with E-state index in [4.69, 9.17) is 4.74 Å². The fourth-order valence-electron chi connectivity index (χ4n) is 3.54. The third-order valence-electron chi connectivity index (χ3n) is 5.04. The summed E-state index contributed by atoms with van der Waals surface area (Å²) in [6.45, 7) is 5.52. The van der Waals surface area contributed by atoms with Crippen molar-refractivity contribution in [2.24, 2.45) is 0 Å². The molecule has 2 nitrogen and oxygen atoms in total. The molecular weight excluding hydrogens is 383 g/mol. The van der Waals surface area contributed by atoms with Gasteiger partial charge in [0.15, 0.2) is 9.60 Å². The van der Waals surface area contributed by atoms with E-state index in [0.717, 1.165) is 4.90 Å². The van der Waals surface area contributed by atoms with Gasteiger partial charge in [-0.05, 0) is 51.1 Å². The zero-order chi connectivity index (χ0) is 20.6. The Morgan fingerprint density at radius 2 is 1.69 bits per heavy atom. The Morgan fingerprint density at radius 3 is 2.48 bits per heavy atom. The third kappa shape index (κ3) is 3.68. The minimum Gasteiger partial charge on any atom is -0.451 e. The number of benzene rings is 3. The Labute approximate surface area is 172 Å². The SMILES string of the molecule is Cc1c[s+](-c2cccc(C(=O)OC(C)(C)c3ccccc3F)c2)c2ccccc12. The number of halogens is 1. The van der Waals surface area contributed by atoms with Crippen LogP contribution in [-0.2, 0) is 10.3 Å². The van der Waals surface area contributed by atoms with Crippen LogP contribution in [-0.4, -0.2) is 5.97 Å². The second-order valence-electron chi connectivity index (χ2n) is 7.54. The zero-order valence-corrected chi connectivity index (χ0v) is 17.4. The fraction of sp³-hybridized carbons (Fsp3) is 0.160. The minimum atomic E-state index is -1.07. The van der Waals surface area contributed by atoms with E-state index in [0.29, 0.717) is 11.1 Å². The summed E-state index contributed by atoms with van der Waals surface area (Å²) < 4.78 is 21.2. The van der Waals surface area contributed by atoms with Gasteiger partial charge >= 0.3 is 5.97 Å². The van der Waals surface area contributed by atoms with Gasteiger partial charge in [-0.2, -0.15) is 0 Å². The van der Waals surface area contributed by atoms with Crippen molar-refractivity contribution < 1.29 is 13.9 Å². The highest BCUT2D eigenvalue weighted by Gasteiger charge is 2.29. The van der Waals surface area contributed by atoms with Crippen molar-refractivity contribution in [3.05, 3.63) is 101 Å². The van der Waals surface area contributed by atoms with Crippen LogP contribution in [0.25, 0.3) is 15.0 Å². The lowest BCUT2D eigenvalue weighted by Crippen LogP contribution is -2.26. The smallest absolute Gasteiger partial charge is 0.339 e. The average Bonchev–Trinajstić information content (AvgIpc) is 3.05. The largest absolute Gasteiger partial charge is 0.451 e. The van der Waals surface area contributed by atoms with Crippen molar-refractivity contribution in [3.63, 3.8) is 0 Å². The van der Waals surface area contributed by atoms with Gasteiger partial charge in [0.25, 0.3) is 0 Å². The van der Waals surface area contributed by atoms with E-state index in [1.807, 2.05) is 30.3 Å². The summed E-state index contributed by atoms with van der Waals surface area (Å²) in [7, 11) is -0.215. The molecule has 0 bridgehead atoms. The third-order valence-corrected chi connectivity index (χ3v) is 7.22. The van der Waals surface area contributed by atoms with Crippen LogP contribution in [0.2, 0.25) is 0 Å². The fourth-order valence-corrected chi connectivity index (χ4v) is 5.71. The predicted molar refractivity (Wildman–Crippen MR) is 117 cm³/mol. The van der Waals surface area contributed by atoms with E-state index in [-0.39, 0.29) is 16.3 Å². The van der Waals surface area contributed by atoms with Crippen LogP contribution in [0, 0.1) is 12.7 Å². The molecule has 1 aromatic heterocycles. The molecule has 1 unspecified atom stereocenters. The number of thiophene rings is 1. The first kappa shape index (κ1) is 19.3. The van der Waals surface area contributed by atoms with E-state index in [1.165, 1.54) is 21.7 Å². The van der Waals surface area contributed by atoms with Gasteiger partial charge in [-0.1, -0.05) is 36.4 Å². The van der Waals surface area contributed by atoms with Crippen molar-refractivity contribution >= 4 is 26.5 Å².